The summed E-state index contributed by atoms with van der Waals surface area (Å²) in [5, 5.41) is 7.52. The van der Waals surface area contributed by atoms with Gasteiger partial charge in [-0.3, -0.25) is 9.69 Å². The maximum Gasteiger partial charge on any atom is 0.252 e. The fourth-order valence-corrected chi connectivity index (χ4v) is 4.91. The minimum atomic E-state index is 0.000530. The van der Waals surface area contributed by atoms with E-state index in [9.17, 15) is 4.79 Å². The Balaban J connectivity index is 1.46. The van der Waals surface area contributed by atoms with E-state index in [2.05, 4.69) is 25.3 Å². The molecule has 2 aromatic rings. The van der Waals surface area contributed by atoms with E-state index in [0.29, 0.717) is 23.7 Å². The third kappa shape index (κ3) is 4.09. The van der Waals surface area contributed by atoms with Crippen LogP contribution in [-0.4, -0.2) is 50.2 Å². The number of amides is 1. The summed E-state index contributed by atoms with van der Waals surface area (Å²) in [4.78, 5) is 24.1. The van der Waals surface area contributed by atoms with Gasteiger partial charge in [0.1, 0.15) is 5.82 Å². The number of rotatable bonds is 4. The quantitative estimate of drug-likeness (QED) is 0.879. The van der Waals surface area contributed by atoms with E-state index >= 15 is 0 Å². The highest BCUT2D eigenvalue weighted by Crippen LogP contribution is 2.44. The first-order valence-electron chi connectivity index (χ1n) is 10.3. The van der Waals surface area contributed by atoms with E-state index in [-0.39, 0.29) is 5.91 Å². The van der Waals surface area contributed by atoms with Gasteiger partial charge < -0.3 is 5.32 Å². The Hall–Kier alpha value is -2.28. The van der Waals surface area contributed by atoms with Gasteiger partial charge in [-0.2, -0.15) is 9.78 Å². The van der Waals surface area contributed by atoms with Crippen LogP contribution in [0.15, 0.2) is 12.1 Å². The monoisotopic (exact) mass is 382 g/mol. The first kappa shape index (κ1) is 19.1. The number of aryl methyl sites for hydroxylation is 3. The molecule has 2 aromatic heterocycles. The van der Waals surface area contributed by atoms with Crippen molar-refractivity contribution in [3.8, 4) is 5.95 Å². The lowest BCUT2D eigenvalue weighted by molar-refractivity contribution is -0.118. The lowest BCUT2D eigenvalue weighted by Crippen LogP contribution is -2.45. The molecule has 4 rings (SSSR count). The van der Waals surface area contributed by atoms with Crippen LogP contribution in [0.1, 0.15) is 55.6 Å². The zero-order valence-corrected chi connectivity index (χ0v) is 17.2. The molecule has 2 aliphatic rings. The molecule has 7 heteroatoms. The van der Waals surface area contributed by atoms with E-state index in [4.69, 9.17) is 0 Å². The summed E-state index contributed by atoms with van der Waals surface area (Å²) < 4.78 is 1.63. The van der Waals surface area contributed by atoms with Gasteiger partial charge in [0.15, 0.2) is 0 Å². The Morgan fingerprint density at radius 2 is 1.71 bits per heavy atom. The molecule has 1 aliphatic heterocycles. The summed E-state index contributed by atoms with van der Waals surface area (Å²) in [5.74, 6) is 1.12. The molecule has 0 bridgehead atoms. The second-order valence-corrected chi connectivity index (χ2v) is 8.60. The van der Waals surface area contributed by atoms with Crippen molar-refractivity contribution in [1.29, 1.82) is 0 Å². The van der Waals surface area contributed by atoms with Gasteiger partial charge in [0.05, 0.1) is 12.2 Å². The van der Waals surface area contributed by atoms with Crippen LogP contribution < -0.4 is 5.32 Å². The lowest BCUT2D eigenvalue weighted by Gasteiger charge is -2.40. The zero-order valence-electron chi connectivity index (χ0n) is 17.2. The molecule has 1 spiro atoms. The molecule has 1 N–H and O–H groups in total. The highest BCUT2D eigenvalue weighted by Gasteiger charge is 2.38. The van der Waals surface area contributed by atoms with Gasteiger partial charge in [0.25, 0.3) is 5.95 Å². The number of carbonyl (C=O) groups is 1. The Kier molecular flexibility index (Phi) is 5.19. The Morgan fingerprint density at radius 3 is 2.43 bits per heavy atom. The van der Waals surface area contributed by atoms with Crippen molar-refractivity contribution in [2.75, 3.05) is 25.0 Å². The van der Waals surface area contributed by atoms with Crippen LogP contribution in [0.25, 0.3) is 5.95 Å². The number of hydrogen-bond donors (Lipinski definition) is 1. The normalized spacial score (nSPS) is 19.2. The molecule has 0 aromatic carbocycles. The molecule has 28 heavy (non-hydrogen) atoms. The topological polar surface area (TPSA) is 75.9 Å². The van der Waals surface area contributed by atoms with Gasteiger partial charge in [0.2, 0.25) is 5.91 Å². The van der Waals surface area contributed by atoms with Crippen molar-refractivity contribution in [3.63, 3.8) is 0 Å². The summed E-state index contributed by atoms with van der Waals surface area (Å²) in [6.07, 6.45) is 7.84. The molecular weight excluding hydrogens is 352 g/mol. The van der Waals surface area contributed by atoms with Crippen LogP contribution >= 0.6 is 0 Å². The molecule has 2 fully saturated rings. The zero-order chi connectivity index (χ0) is 19.7. The molecule has 1 saturated heterocycles. The van der Waals surface area contributed by atoms with Gasteiger partial charge in [-0.25, -0.2) is 9.97 Å². The van der Waals surface area contributed by atoms with E-state index in [0.717, 1.165) is 30.2 Å². The second-order valence-electron chi connectivity index (χ2n) is 8.60. The largest absolute Gasteiger partial charge is 0.309 e. The average Bonchev–Trinajstić information content (AvgIpc) is 3.20. The predicted molar refractivity (Wildman–Crippen MR) is 109 cm³/mol. The number of carbonyl (C=O) groups excluding carboxylic acids is 1. The first-order valence-corrected chi connectivity index (χ1v) is 10.3. The fraction of sp³-hybridized carbons (Fsp3) is 0.619. The number of piperidine rings is 1. The first-order chi connectivity index (χ1) is 13.4. The smallest absolute Gasteiger partial charge is 0.252 e. The van der Waals surface area contributed by atoms with E-state index in [1.54, 1.807) is 4.68 Å². The summed E-state index contributed by atoms with van der Waals surface area (Å²) in [6.45, 7) is 8.26. The number of aromatic nitrogens is 4. The summed E-state index contributed by atoms with van der Waals surface area (Å²) in [5.41, 5.74) is 3.04. The lowest BCUT2D eigenvalue weighted by atomic mass is 9.78. The fourth-order valence-electron chi connectivity index (χ4n) is 4.91. The van der Waals surface area contributed by atoms with Crippen LogP contribution in [0.3, 0.4) is 0 Å². The Labute approximate surface area is 166 Å². The molecule has 150 valence electrons. The van der Waals surface area contributed by atoms with Crippen LogP contribution in [0.5, 0.6) is 0 Å². The Bertz CT molecular complexity index is 848. The second kappa shape index (κ2) is 7.62. The van der Waals surface area contributed by atoms with Crippen LogP contribution in [-0.2, 0) is 4.79 Å². The van der Waals surface area contributed by atoms with Crippen LogP contribution in [0, 0.1) is 26.2 Å². The maximum atomic E-state index is 12.8. The SMILES string of the molecule is Cc1cc(C)nc(-n2nc(C)cc2NC(=O)CN2CCCC3(CCCC3)C2)n1. The third-order valence-electron chi connectivity index (χ3n) is 6.03. The van der Waals surface area contributed by atoms with Crippen molar-refractivity contribution in [1.82, 2.24) is 24.6 Å². The number of hydrogen-bond acceptors (Lipinski definition) is 5. The molecule has 0 atom stereocenters. The van der Waals surface area contributed by atoms with Gasteiger partial charge in [-0.15, -0.1) is 0 Å². The van der Waals surface area contributed by atoms with Crippen molar-refractivity contribution >= 4 is 11.7 Å². The van der Waals surface area contributed by atoms with Gasteiger partial charge >= 0.3 is 0 Å². The van der Waals surface area contributed by atoms with Crippen molar-refractivity contribution in [2.45, 2.75) is 59.3 Å². The minimum Gasteiger partial charge on any atom is -0.309 e. The van der Waals surface area contributed by atoms with Crippen molar-refractivity contribution < 1.29 is 4.79 Å². The van der Waals surface area contributed by atoms with E-state index in [1.165, 1.54) is 38.5 Å². The maximum absolute atomic E-state index is 12.8. The van der Waals surface area contributed by atoms with Crippen molar-refractivity contribution in [3.05, 3.63) is 29.2 Å². The number of anilines is 1. The molecule has 0 unspecified atom stereocenters. The minimum absolute atomic E-state index is 0.000530. The van der Waals surface area contributed by atoms with E-state index < -0.39 is 0 Å². The highest BCUT2D eigenvalue weighted by molar-refractivity contribution is 5.91. The third-order valence-corrected chi connectivity index (χ3v) is 6.03. The molecule has 3 heterocycles. The highest BCUT2D eigenvalue weighted by atomic mass is 16.2. The summed E-state index contributed by atoms with van der Waals surface area (Å²) in [6, 6.07) is 3.79. The van der Waals surface area contributed by atoms with Crippen LogP contribution in [0.4, 0.5) is 5.82 Å². The summed E-state index contributed by atoms with van der Waals surface area (Å²) in [7, 11) is 0. The molecule has 1 aliphatic carbocycles. The Morgan fingerprint density at radius 1 is 1.04 bits per heavy atom. The molecular formula is C21H30N6O. The van der Waals surface area contributed by atoms with Crippen molar-refractivity contribution in [2.24, 2.45) is 5.41 Å². The van der Waals surface area contributed by atoms with E-state index in [1.807, 2.05) is 32.9 Å². The molecule has 1 amide bonds. The van der Waals surface area contributed by atoms with Gasteiger partial charge in [0, 0.05) is 24.0 Å². The number of nitrogens with one attached hydrogen (secondary N) is 1. The van der Waals surface area contributed by atoms with Gasteiger partial charge in [-0.1, -0.05) is 12.8 Å². The van der Waals surface area contributed by atoms with Crippen LogP contribution in [0.2, 0.25) is 0 Å². The standard InChI is InChI=1S/C21H30N6O/c1-15-11-16(2)23-20(22-15)27-18(12-17(3)25-27)24-19(28)13-26-10-6-9-21(14-26)7-4-5-8-21/h11-12H,4-10,13-14H2,1-3H3,(H,24,28). The number of nitrogens with zero attached hydrogens (tertiary/aromatic N) is 5. The molecule has 7 nitrogen and oxygen atoms in total. The average molecular weight is 383 g/mol. The molecule has 0 radical (unpaired) electrons. The number of likely N-dealkylation sites (tertiary alicyclic amines) is 1. The molecule has 1 saturated carbocycles. The van der Waals surface area contributed by atoms with Gasteiger partial charge in [-0.05, 0) is 64.5 Å². The predicted octanol–water partition coefficient (Wildman–Crippen LogP) is 3.18. The summed E-state index contributed by atoms with van der Waals surface area (Å²) >= 11 is 0.